The maximum Gasteiger partial charge on any atom is 0.162 e. The van der Waals surface area contributed by atoms with Crippen LogP contribution in [-0.4, -0.2) is 17.0 Å². The summed E-state index contributed by atoms with van der Waals surface area (Å²) in [6.07, 6.45) is 11.0. The van der Waals surface area contributed by atoms with Crippen LogP contribution in [0.5, 0.6) is 0 Å². The fourth-order valence-electron chi connectivity index (χ4n) is 7.27. The SMILES string of the molecule is CC1(C)[C@H]2CC[C@@]34C=C[C@@](C)(CC[C@H]3[C@]2(C)CC(=O)[C@@H]1O)C4. The first-order chi connectivity index (χ1) is 10.1. The first-order valence-electron chi connectivity index (χ1n) is 9.04. The number of hydrogen-bond acceptors (Lipinski definition) is 2. The number of carbonyl (C=O) groups is 1. The van der Waals surface area contributed by atoms with E-state index in [-0.39, 0.29) is 16.6 Å². The molecule has 2 nitrogen and oxygen atoms in total. The number of Topliss-reactive ketones (excluding diaryl/α,β-unsaturated/α-hetero) is 1. The third-order valence-electron chi connectivity index (χ3n) is 8.20. The van der Waals surface area contributed by atoms with E-state index in [1.54, 1.807) is 0 Å². The number of carbonyl (C=O) groups excluding carboxylic acids is 1. The molecule has 3 saturated carbocycles. The van der Waals surface area contributed by atoms with Crippen molar-refractivity contribution in [2.45, 2.75) is 72.3 Å². The van der Waals surface area contributed by atoms with Crippen LogP contribution in [0.25, 0.3) is 0 Å². The molecular formula is C20H30O2. The first kappa shape index (κ1) is 14.9. The van der Waals surface area contributed by atoms with Gasteiger partial charge in [-0.3, -0.25) is 4.79 Å². The van der Waals surface area contributed by atoms with E-state index < -0.39 is 6.10 Å². The van der Waals surface area contributed by atoms with E-state index in [0.717, 1.165) is 6.42 Å². The third kappa shape index (κ3) is 1.63. The van der Waals surface area contributed by atoms with Crippen LogP contribution >= 0.6 is 0 Å². The molecule has 0 amide bonds. The van der Waals surface area contributed by atoms with Gasteiger partial charge in [0.25, 0.3) is 0 Å². The van der Waals surface area contributed by atoms with Crippen molar-refractivity contribution in [2.24, 2.45) is 33.5 Å². The summed E-state index contributed by atoms with van der Waals surface area (Å²) < 4.78 is 0. The van der Waals surface area contributed by atoms with Gasteiger partial charge < -0.3 is 5.11 Å². The Balaban J connectivity index is 1.78. The molecule has 6 atom stereocenters. The topological polar surface area (TPSA) is 37.3 Å². The Bertz CT molecular complexity index is 562. The van der Waals surface area contributed by atoms with E-state index in [0.29, 0.717) is 29.1 Å². The maximum absolute atomic E-state index is 12.5. The molecule has 22 heavy (non-hydrogen) atoms. The number of aliphatic hydroxyl groups is 1. The second-order valence-electron chi connectivity index (χ2n) is 9.95. The molecule has 0 radical (unpaired) electrons. The summed E-state index contributed by atoms with van der Waals surface area (Å²) in [6, 6.07) is 0. The molecule has 0 heterocycles. The van der Waals surface area contributed by atoms with Crippen molar-refractivity contribution in [2.75, 3.05) is 0 Å². The first-order valence-corrected chi connectivity index (χ1v) is 9.04. The van der Waals surface area contributed by atoms with Crippen LogP contribution in [0.15, 0.2) is 12.2 Å². The van der Waals surface area contributed by atoms with Crippen LogP contribution in [0, 0.1) is 33.5 Å². The van der Waals surface area contributed by atoms with E-state index in [1.165, 1.54) is 25.7 Å². The van der Waals surface area contributed by atoms with Crippen LogP contribution in [0.1, 0.15) is 66.2 Å². The quantitative estimate of drug-likeness (QED) is 0.683. The molecule has 0 saturated heterocycles. The van der Waals surface area contributed by atoms with Crippen molar-refractivity contribution in [3.8, 4) is 0 Å². The van der Waals surface area contributed by atoms with Crippen molar-refractivity contribution < 1.29 is 9.90 Å². The predicted octanol–water partition coefficient (Wildman–Crippen LogP) is 4.13. The highest BCUT2D eigenvalue weighted by Crippen LogP contribution is 2.71. The molecule has 0 aromatic rings. The van der Waals surface area contributed by atoms with Gasteiger partial charge in [-0.05, 0) is 60.2 Å². The number of aliphatic hydroxyl groups excluding tert-OH is 1. The molecule has 0 aromatic carbocycles. The van der Waals surface area contributed by atoms with Gasteiger partial charge in [0, 0.05) is 11.8 Å². The Labute approximate surface area is 134 Å². The van der Waals surface area contributed by atoms with Crippen molar-refractivity contribution in [3.63, 3.8) is 0 Å². The zero-order valence-corrected chi connectivity index (χ0v) is 14.5. The molecule has 0 aromatic heterocycles. The summed E-state index contributed by atoms with van der Waals surface area (Å²) in [7, 11) is 0. The minimum Gasteiger partial charge on any atom is -0.385 e. The van der Waals surface area contributed by atoms with Crippen molar-refractivity contribution >= 4 is 5.78 Å². The van der Waals surface area contributed by atoms with Crippen molar-refractivity contribution in [1.82, 2.24) is 0 Å². The smallest absolute Gasteiger partial charge is 0.162 e. The molecule has 2 heteroatoms. The van der Waals surface area contributed by atoms with Crippen molar-refractivity contribution in [1.29, 1.82) is 0 Å². The number of allylic oxidation sites excluding steroid dienone is 2. The largest absolute Gasteiger partial charge is 0.385 e. The average Bonchev–Trinajstić information content (AvgIpc) is 2.66. The normalized spacial score (nSPS) is 55.7. The van der Waals surface area contributed by atoms with E-state index >= 15 is 0 Å². The lowest BCUT2D eigenvalue weighted by molar-refractivity contribution is -0.184. The highest BCUT2D eigenvalue weighted by molar-refractivity contribution is 5.85. The summed E-state index contributed by atoms with van der Waals surface area (Å²) >= 11 is 0. The summed E-state index contributed by atoms with van der Waals surface area (Å²) in [5.74, 6) is 1.15. The Kier molecular flexibility index (Phi) is 2.76. The monoisotopic (exact) mass is 302 g/mol. The van der Waals surface area contributed by atoms with E-state index in [2.05, 4.69) is 39.8 Å². The minimum atomic E-state index is -0.771. The Morgan fingerprint density at radius 1 is 1.05 bits per heavy atom. The molecule has 1 N–H and O–H groups in total. The van der Waals surface area contributed by atoms with Gasteiger partial charge in [0.1, 0.15) is 6.10 Å². The zero-order chi connectivity index (χ0) is 16.0. The van der Waals surface area contributed by atoms with E-state index in [9.17, 15) is 9.90 Å². The molecule has 4 aliphatic rings. The molecule has 4 rings (SSSR count). The molecule has 1 spiro atoms. The zero-order valence-electron chi connectivity index (χ0n) is 14.5. The van der Waals surface area contributed by atoms with Gasteiger partial charge in [-0.2, -0.15) is 0 Å². The van der Waals surface area contributed by atoms with Gasteiger partial charge in [0.2, 0.25) is 0 Å². The number of ketones is 1. The van der Waals surface area contributed by atoms with E-state index in [1.807, 2.05) is 0 Å². The van der Waals surface area contributed by atoms with Crippen LogP contribution in [0.3, 0.4) is 0 Å². The maximum atomic E-state index is 12.5. The lowest BCUT2D eigenvalue weighted by Gasteiger charge is -2.64. The Hall–Kier alpha value is -0.630. The molecule has 2 bridgehead atoms. The molecule has 0 unspecified atom stereocenters. The van der Waals surface area contributed by atoms with Gasteiger partial charge in [-0.1, -0.05) is 39.8 Å². The summed E-state index contributed by atoms with van der Waals surface area (Å²) in [5, 5.41) is 10.5. The fraction of sp³-hybridized carbons (Fsp3) is 0.850. The molecule has 4 aliphatic carbocycles. The average molecular weight is 302 g/mol. The highest BCUT2D eigenvalue weighted by atomic mass is 16.3. The second kappa shape index (κ2) is 4.06. The molecule has 3 fully saturated rings. The Morgan fingerprint density at radius 2 is 1.73 bits per heavy atom. The van der Waals surface area contributed by atoms with Crippen LogP contribution in [-0.2, 0) is 4.79 Å². The summed E-state index contributed by atoms with van der Waals surface area (Å²) in [4.78, 5) is 12.5. The number of hydrogen-bond donors (Lipinski definition) is 1. The lowest BCUT2D eigenvalue weighted by Crippen LogP contribution is -2.62. The van der Waals surface area contributed by atoms with Crippen molar-refractivity contribution in [3.05, 3.63) is 12.2 Å². The second-order valence-corrected chi connectivity index (χ2v) is 9.95. The standard InChI is InChI=1S/C20H30O2/c1-17(2)14-6-8-20-10-9-18(3,12-20)7-5-15(20)19(14,4)11-13(21)16(17)22/h9-10,14-16,22H,5-8,11-12H2,1-4H3/t14-,15+,16+,18-,19-,20+/m1/s1. The van der Waals surface area contributed by atoms with Gasteiger partial charge >= 0.3 is 0 Å². The predicted molar refractivity (Wildman–Crippen MR) is 87.3 cm³/mol. The van der Waals surface area contributed by atoms with Crippen LogP contribution in [0.4, 0.5) is 0 Å². The third-order valence-corrected chi connectivity index (χ3v) is 8.20. The number of rotatable bonds is 0. The summed E-state index contributed by atoms with van der Waals surface area (Å²) in [6.45, 7) is 9.01. The number of fused-ring (bicyclic) bond motifs is 3. The molecule has 0 aliphatic heterocycles. The van der Waals surface area contributed by atoms with Gasteiger partial charge in [-0.15, -0.1) is 0 Å². The lowest BCUT2D eigenvalue weighted by atomic mass is 9.40. The van der Waals surface area contributed by atoms with Gasteiger partial charge in [0.15, 0.2) is 5.78 Å². The van der Waals surface area contributed by atoms with Crippen LogP contribution < -0.4 is 0 Å². The van der Waals surface area contributed by atoms with Gasteiger partial charge in [0.05, 0.1) is 0 Å². The molecule has 122 valence electrons. The highest BCUT2D eigenvalue weighted by Gasteiger charge is 2.65. The van der Waals surface area contributed by atoms with E-state index in [4.69, 9.17) is 0 Å². The fourth-order valence-corrected chi connectivity index (χ4v) is 7.27. The Morgan fingerprint density at radius 3 is 2.45 bits per heavy atom. The molecular weight excluding hydrogens is 272 g/mol. The van der Waals surface area contributed by atoms with Crippen LogP contribution in [0.2, 0.25) is 0 Å². The summed E-state index contributed by atoms with van der Waals surface area (Å²) in [5.41, 5.74) is 0.507. The minimum absolute atomic E-state index is 0.0636. The van der Waals surface area contributed by atoms with Gasteiger partial charge in [-0.25, -0.2) is 0 Å².